The smallest absolute Gasteiger partial charge is 0.246 e. The Morgan fingerprint density at radius 1 is 0.667 bits per heavy atom. The van der Waals surface area contributed by atoms with Crippen molar-refractivity contribution in [3.63, 3.8) is 0 Å². The Kier molecular flexibility index (Phi) is 10.5. The Bertz CT molecular complexity index is 1660. The third-order valence-electron chi connectivity index (χ3n) is 8.52. The molecule has 1 radical (unpaired) electrons. The molecule has 4 N–H and O–H groups in total. The first-order valence-corrected chi connectivity index (χ1v) is 15.0. The summed E-state index contributed by atoms with van der Waals surface area (Å²) < 4.78 is 0. The van der Waals surface area contributed by atoms with E-state index in [-0.39, 0.29) is 70.3 Å². The van der Waals surface area contributed by atoms with E-state index in [0.717, 1.165) is 27.6 Å². The van der Waals surface area contributed by atoms with E-state index < -0.39 is 41.9 Å². The van der Waals surface area contributed by atoms with Crippen LogP contribution in [0.3, 0.4) is 0 Å². The molecule has 0 saturated carbocycles. The van der Waals surface area contributed by atoms with Gasteiger partial charge in [-0.15, -0.1) is 5.92 Å². The number of hydrogen-bond donors (Lipinski definition) is 4. The molecule has 2 aliphatic heterocycles. The molecule has 9 nitrogen and oxygen atoms in total. The molecule has 0 bridgehead atoms. The second kappa shape index (κ2) is 14.5. The SMILES string of the molecule is [CH2-][C@@H]1C[C@@H]2C(=O)N[C@@H](Cc3ccccc3)C(=O)N[C@H](Cc3c[nH]c4ccccc34)C(=O)N[C@@H](Cc3ccccc3)C(=O)N2C1.[Y]. The normalized spacial score (nSPS) is 24.0. The zero-order valence-electron chi connectivity index (χ0n) is 24.9. The van der Waals surface area contributed by atoms with Gasteiger partial charge in [0.1, 0.15) is 24.2 Å². The maximum Gasteiger partial charge on any atom is 0.246 e. The summed E-state index contributed by atoms with van der Waals surface area (Å²) in [5.41, 5.74) is 3.48. The minimum atomic E-state index is -1.00. The number of aromatic nitrogens is 1. The molecule has 5 atom stereocenters. The maximum absolute atomic E-state index is 14.1. The minimum Gasteiger partial charge on any atom is -0.361 e. The molecule has 4 amide bonds. The van der Waals surface area contributed by atoms with E-state index >= 15 is 0 Å². The molecule has 10 heteroatoms. The zero-order chi connectivity index (χ0) is 30.6. The summed E-state index contributed by atoms with van der Waals surface area (Å²) in [6.07, 6.45) is 2.85. The maximum atomic E-state index is 14.1. The van der Waals surface area contributed by atoms with E-state index in [2.05, 4.69) is 27.9 Å². The average Bonchev–Trinajstić information content (AvgIpc) is 3.63. The molecule has 0 unspecified atom stereocenters. The Hall–Kier alpha value is -3.82. The molecule has 0 aliphatic carbocycles. The van der Waals surface area contributed by atoms with Crippen LogP contribution in [0.5, 0.6) is 0 Å². The number of carbonyl (C=O) groups is 4. The second-order valence-corrected chi connectivity index (χ2v) is 11.7. The van der Waals surface area contributed by atoms with Gasteiger partial charge in [-0.25, -0.2) is 0 Å². The van der Waals surface area contributed by atoms with E-state index in [1.165, 1.54) is 4.90 Å². The van der Waals surface area contributed by atoms with Gasteiger partial charge in [0.05, 0.1) is 0 Å². The number of hydrogen-bond acceptors (Lipinski definition) is 4. The quantitative estimate of drug-likeness (QED) is 0.234. The number of H-pyrrole nitrogens is 1. The summed E-state index contributed by atoms with van der Waals surface area (Å²) in [6, 6.07) is 22.9. The molecule has 2 aliphatic rings. The van der Waals surface area contributed by atoms with Crippen LogP contribution in [-0.4, -0.2) is 64.2 Å². The molecule has 3 heterocycles. The van der Waals surface area contributed by atoms with Crippen molar-refractivity contribution in [2.75, 3.05) is 6.54 Å². The Morgan fingerprint density at radius 2 is 1.20 bits per heavy atom. The summed E-state index contributed by atoms with van der Waals surface area (Å²) in [4.78, 5) is 60.6. The van der Waals surface area contributed by atoms with Crippen LogP contribution in [0.1, 0.15) is 23.1 Å². The van der Waals surface area contributed by atoms with E-state index in [9.17, 15) is 19.2 Å². The summed E-state index contributed by atoms with van der Waals surface area (Å²) in [5, 5.41) is 9.75. The van der Waals surface area contributed by atoms with Gasteiger partial charge in [0.2, 0.25) is 23.6 Å². The van der Waals surface area contributed by atoms with Crippen molar-refractivity contribution < 1.29 is 51.9 Å². The van der Waals surface area contributed by atoms with Crippen LogP contribution in [0, 0.1) is 12.8 Å². The molecule has 45 heavy (non-hydrogen) atoms. The van der Waals surface area contributed by atoms with Crippen LogP contribution >= 0.6 is 0 Å². The molecule has 4 aromatic rings. The van der Waals surface area contributed by atoms with Crippen molar-refractivity contribution in [1.29, 1.82) is 0 Å². The van der Waals surface area contributed by atoms with Crippen molar-refractivity contribution in [2.24, 2.45) is 5.92 Å². The standard InChI is InChI=1S/C35H36N5O4.Y/c1-22-16-31-34(43)38-28(17-23-10-4-2-5-11-23)32(41)37-29(19-25-20-36-27-15-9-8-14-26(25)27)33(42)39-30(35(44)40(31)21-22)18-24-12-6-3-7-13-24;/h2-15,20,22,28-31,36H,1,16-19,21H2,(H,37,41)(H,38,43)(H,39,42);/q-1;/t22-,28+,29-,30+,31-;/m1./s1. The fraction of sp³-hybridized carbons (Fsp3) is 0.286. The Labute approximate surface area is 287 Å². The number of nitrogens with one attached hydrogen (secondary N) is 4. The van der Waals surface area contributed by atoms with Crippen molar-refractivity contribution in [3.8, 4) is 0 Å². The van der Waals surface area contributed by atoms with E-state index in [0.29, 0.717) is 6.42 Å². The number of fused-ring (bicyclic) bond motifs is 2. The predicted octanol–water partition coefficient (Wildman–Crippen LogP) is 2.71. The van der Waals surface area contributed by atoms with E-state index in [1.807, 2.05) is 91.1 Å². The van der Waals surface area contributed by atoms with Gasteiger partial charge in [-0.2, -0.15) is 0 Å². The second-order valence-electron chi connectivity index (χ2n) is 11.7. The van der Waals surface area contributed by atoms with Crippen molar-refractivity contribution >= 4 is 34.5 Å². The number of para-hydroxylation sites is 1. The molecule has 2 fully saturated rings. The fourth-order valence-corrected chi connectivity index (χ4v) is 6.27. The van der Waals surface area contributed by atoms with Crippen LogP contribution < -0.4 is 16.0 Å². The van der Waals surface area contributed by atoms with Gasteiger partial charge in [-0.1, -0.05) is 78.9 Å². The van der Waals surface area contributed by atoms with Crippen LogP contribution in [0.2, 0.25) is 0 Å². The van der Waals surface area contributed by atoms with Gasteiger partial charge in [-0.3, -0.25) is 19.2 Å². The van der Waals surface area contributed by atoms with Gasteiger partial charge in [-0.05, 0) is 35.7 Å². The molecule has 6 rings (SSSR count). The number of nitrogens with zero attached hydrogens (tertiary/aromatic N) is 1. The summed E-state index contributed by atoms with van der Waals surface area (Å²) in [5.74, 6) is -1.84. The van der Waals surface area contributed by atoms with Gasteiger partial charge in [0.15, 0.2) is 0 Å². The first-order chi connectivity index (χ1) is 21.4. The number of carbonyl (C=O) groups excluding carboxylic acids is 4. The van der Waals surface area contributed by atoms with E-state index in [4.69, 9.17) is 0 Å². The fourth-order valence-electron chi connectivity index (χ4n) is 6.27. The molecule has 0 spiro atoms. The molecular formula is C35H36N5O4Y-. The van der Waals surface area contributed by atoms with Crippen molar-refractivity contribution in [1.82, 2.24) is 25.8 Å². The average molecular weight is 680 g/mol. The Morgan fingerprint density at radius 3 is 1.87 bits per heavy atom. The third-order valence-corrected chi connectivity index (χ3v) is 8.52. The van der Waals surface area contributed by atoms with Gasteiger partial charge < -0.3 is 32.8 Å². The summed E-state index contributed by atoms with van der Waals surface area (Å²) in [6.45, 7) is 4.42. The predicted molar refractivity (Wildman–Crippen MR) is 167 cm³/mol. The van der Waals surface area contributed by atoms with Crippen LogP contribution in [0.25, 0.3) is 10.9 Å². The summed E-state index contributed by atoms with van der Waals surface area (Å²) >= 11 is 0. The summed E-state index contributed by atoms with van der Waals surface area (Å²) in [7, 11) is 0. The molecule has 2 saturated heterocycles. The topological polar surface area (TPSA) is 123 Å². The monoisotopic (exact) mass is 679 g/mol. The van der Waals surface area contributed by atoms with Crippen LogP contribution in [0.15, 0.2) is 91.1 Å². The molecular weight excluding hydrogens is 643 g/mol. The number of aromatic amines is 1. The number of benzene rings is 3. The van der Waals surface area contributed by atoms with Crippen molar-refractivity contribution in [3.05, 3.63) is 115 Å². The number of amides is 4. The van der Waals surface area contributed by atoms with E-state index in [1.54, 1.807) is 0 Å². The largest absolute Gasteiger partial charge is 0.361 e. The van der Waals surface area contributed by atoms with Crippen LogP contribution in [0.4, 0.5) is 0 Å². The number of rotatable bonds is 6. The van der Waals surface area contributed by atoms with Gasteiger partial charge >= 0.3 is 0 Å². The van der Waals surface area contributed by atoms with Crippen molar-refractivity contribution in [2.45, 2.75) is 49.9 Å². The molecule has 229 valence electrons. The first-order valence-electron chi connectivity index (χ1n) is 15.0. The molecule has 3 aromatic carbocycles. The van der Waals surface area contributed by atoms with Gasteiger partial charge in [0.25, 0.3) is 0 Å². The third kappa shape index (κ3) is 7.53. The van der Waals surface area contributed by atoms with Crippen LogP contribution in [-0.2, 0) is 71.1 Å². The minimum absolute atomic E-state index is 0. The van der Waals surface area contributed by atoms with Gasteiger partial charge in [0, 0.05) is 69.1 Å². The zero-order valence-corrected chi connectivity index (χ0v) is 27.8. The first kappa shape index (κ1) is 32.6. The molecule has 1 aromatic heterocycles. The Balaban J connectivity index is 0.00000400.